The number of halogens is 3. The lowest BCUT2D eigenvalue weighted by Crippen LogP contribution is -2.39. The molecule has 0 aromatic heterocycles. The van der Waals surface area contributed by atoms with Crippen molar-refractivity contribution in [3.8, 4) is 5.75 Å². The van der Waals surface area contributed by atoms with Crippen LogP contribution in [0.5, 0.6) is 5.75 Å². The highest BCUT2D eigenvalue weighted by atomic mass is 19.4. The second-order valence-electron chi connectivity index (χ2n) is 4.31. The summed E-state index contributed by atoms with van der Waals surface area (Å²) in [5.74, 6) is 1.16. The van der Waals surface area contributed by atoms with Gasteiger partial charge in [-0.25, -0.2) is 0 Å². The molecule has 4 nitrogen and oxygen atoms in total. The number of alkyl halides is 3. The largest absolute Gasteiger partial charge is 0.494 e. The van der Waals surface area contributed by atoms with E-state index in [1.165, 1.54) is 7.05 Å². The molecule has 1 aromatic carbocycles. The van der Waals surface area contributed by atoms with Crippen LogP contribution in [-0.2, 0) is 0 Å². The summed E-state index contributed by atoms with van der Waals surface area (Å²) in [6.07, 6.45) is -4.32. The van der Waals surface area contributed by atoms with E-state index in [-0.39, 0.29) is 6.54 Å². The molecule has 0 radical (unpaired) electrons. The summed E-state index contributed by atoms with van der Waals surface area (Å²) in [4.78, 5) is 3.85. The summed E-state index contributed by atoms with van der Waals surface area (Å²) in [7, 11) is 1.52. The number of guanidine groups is 1. The predicted molar refractivity (Wildman–Crippen MR) is 76.6 cm³/mol. The number of aliphatic imine (C=N–C) groups is 1. The lowest BCUT2D eigenvalue weighted by atomic mass is 10.3. The molecule has 0 fully saturated rings. The molecule has 0 aliphatic rings. The molecule has 7 heteroatoms. The monoisotopic (exact) mass is 303 g/mol. The van der Waals surface area contributed by atoms with E-state index < -0.39 is 12.6 Å². The van der Waals surface area contributed by atoms with E-state index in [9.17, 15) is 13.2 Å². The molecule has 0 spiro atoms. The summed E-state index contributed by atoms with van der Waals surface area (Å²) < 4.78 is 41.5. The number of hydrogen-bond acceptors (Lipinski definition) is 2. The number of rotatable bonds is 7. The van der Waals surface area contributed by atoms with Gasteiger partial charge in [-0.3, -0.25) is 4.99 Å². The van der Waals surface area contributed by atoms with E-state index in [4.69, 9.17) is 4.74 Å². The van der Waals surface area contributed by atoms with Crippen molar-refractivity contribution in [3.05, 3.63) is 30.3 Å². The molecule has 0 aliphatic heterocycles. The summed E-state index contributed by atoms with van der Waals surface area (Å²) >= 11 is 0. The first-order valence-electron chi connectivity index (χ1n) is 6.70. The Kier molecular flexibility index (Phi) is 7.42. The molecule has 0 atom stereocenters. The van der Waals surface area contributed by atoms with E-state index in [0.717, 1.165) is 12.2 Å². The standard InChI is InChI=1S/C14H20F3N3O/c1-18-13(20-10-8-14(15,16)17)19-9-5-11-21-12-6-3-2-4-7-12/h2-4,6-7H,5,8-11H2,1H3,(H2,18,19,20). The fourth-order valence-electron chi connectivity index (χ4n) is 1.53. The average molecular weight is 303 g/mol. The summed E-state index contributed by atoms with van der Waals surface area (Å²) in [5.41, 5.74) is 0. The van der Waals surface area contributed by atoms with Crippen molar-refractivity contribution < 1.29 is 17.9 Å². The Morgan fingerprint density at radius 1 is 1.14 bits per heavy atom. The quantitative estimate of drug-likeness (QED) is 0.462. The van der Waals surface area contributed by atoms with Crippen molar-refractivity contribution in [1.29, 1.82) is 0 Å². The molecule has 0 heterocycles. The zero-order valence-electron chi connectivity index (χ0n) is 11.9. The van der Waals surface area contributed by atoms with Crippen LogP contribution < -0.4 is 15.4 Å². The van der Waals surface area contributed by atoms with Crippen LogP contribution >= 0.6 is 0 Å². The van der Waals surface area contributed by atoms with Crippen LogP contribution in [0.2, 0.25) is 0 Å². The minimum atomic E-state index is -4.16. The molecule has 0 aliphatic carbocycles. The van der Waals surface area contributed by atoms with E-state index in [0.29, 0.717) is 19.1 Å². The first-order chi connectivity index (χ1) is 10.0. The number of benzene rings is 1. The van der Waals surface area contributed by atoms with Gasteiger partial charge in [-0.15, -0.1) is 0 Å². The van der Waals surface area contributed by atoms with Gasteiger partial charge in [-0.05, 0) is 18.6 Å². The Bertz CT molecular complexity index is 421. The van der Waals surface area contributed by atoms with Crippen LogP contribution in [-0.4, -0.2) is 38.9 Å². The van der Waals surface area contributed by atoms with Gasteiger partial charge in [-0.2, -0.15) is 13.2 Å². The Morgan fingerprint density at radius 2 is 1.81 bits per heavy atom. The highest BCUT2D eigenvalue weighted by molar-refractivity contribution is 5.79. The number of para-hydroxylation sites is 1. The van der Waals surface area contributed by atoms with Crippen LogP contribution in [0.4, 0.5) is 13.2 Å². The highest BCUT2D eigenvalue weighted by Gasteiger charge is 2.26. The molecule has 0 bridgehead atoms. The summed E-state index contributed by atoms with van der Waals surface area (Å²) in [6.45, 7) is 0.902. The maximum absolute atomic E-state index is 12.0. The van der Waals surface area contributed by atoms with Gasteiger partial charge in [0, 0.05) is 20.1 Å². The van der Waals surface area contributed by atoms with Gasteiger partial charge in [0.25, 0.3) is 0 Å². The fraction of sp³-hybridized carbons (Fsp3) is 0.500. The molecule has 2 N–H and O–H groups in total. The SMILES string of the molecule is CN=C(NCCCOc1ccccc1)NCCC(F)(F)F. The van der Waals surface area contributed by atoms with Gasteiger partial charge in [-0.1, -0.05) is 18.2 Å². The van der Waals surface area contributed by atoms with Gasteiger partial charge < -0.3 is 15.4 Å². The van der Waals surface area contributed by atoms with Gasteiger partial charge in [0.15, 0.2) is 5.96 Å². The van der Waals surface area contributed by atoms with Gasteiger partial charge >= 0.3 is 6.18 Å². The van der Waals surface area contributed by atoms with E-state index in [1.807, 2.05) is 30.3 Å². The third kappa shape index (κ3) is 8.78. The van der Waals surface area contributed by atoms with Crippen LogP contribution in [0.3, 0.4) is 0 Å². The highest BCUT2D eigenvalue weighted by Crippen LogP contribution is 2.17. The minimum absolute atomic E-state index is 0.191. The Labute approximate surface area is 122 Å². The number of hydrogen-bond donors (Lipinski definition) is 2. The van der Waals surface area contributed by atoms with Gasteiger partial charge in [0.1, 0.15) is 5.75 Å². The third-order valence-electron chi connectivity index (χ3n) is 2.55. The minimum Gasteiger partial charge on any atom is -0.494 e. The second kappa shape index (κ2) is 9.10. The van der Waals surface area contributed by atoms with Crippen LogP contribution in [0, 0.1) is 0 Å². The Balaban J connectivity index is 2.10. The summed E-state index contributed by atoms with van der Waals surface area (Å²) in [6, 6.07) is 9.42. The van der Waals surface area contributed by atoms with Crippen molar-refractivity contribution in [2.24, 2.45) is 4.99 Å². The maximum Gasteiger partial charge on any atom is 0.390 e. The molecular formula is C14H20F3N3O. The summed E-state index contributed by atoms with van der Waals surface area (Å²) in [5, 5.41) is 5.55. The first-order valence-corrected chi connectivity index (χ1v) is 6.70. The number of nitrogens with one attached hydrogen (secondary N) is 2. The lowest BCUT2D eigenvalue weighted by Gasteiger charge is -2.13. The van der Waals surface area contributed by atoms with Crippen LogP contribution in [0.15, 0.2) is 35.3 Å². The van der Waals surface area contributed by atoms with Gasteiger partial charge in [0.05, 0.1) is 13.0 Å². The molecule has 0 saturated heterocycles. The van der Waals surface area contributed by atoms with Crippen molar-refractivity contribution >= 4 is 5.96 Å². The van der Waals surface area contributed by atoms with Gasteiger partial charge in [0.2, 0.25) is 0 Å². The average Bonchev–Trinajstić information content (AvgIpc) is 2.45. The zero-order valence-corrected chi connectivity index (χ0v) is 11.9. The van der Waals surface area contributed by atoms with E-state index in [2.05, 4.69) is 15.6 Å². The van der Waals surface area contributed by atoms with Crippen molar-refractivity contribution in [3.63, 3.8) is 0 Å². The Morgan fingerprint density at radius 3 is 2.43 bits per heavy atom. The van der Waals surface area contributed by atoms with E-state index in [1.54, 1.807) is 0 Å². The molecular weight excluding hydrogens is 283 g/mol. The topological polar surface area (TPSA) is 45.7 Å². The second-order valence-corrected chi connectivity index (χ2v) is 4.31. The maximum atomic E-state index is 12.0. The molecule has 1 rings (SSSR count). The van der Waals surface area contributed by atoms with Crippen molar-refractivity contribution in [1.82, 2.24) is 10.6 Å². The smallest absolute Gasteiger partial charge is 0.390 e. The molecule has 21 heavy (non-hydrogen) atoms. The molecule has 118 valence electrons. The van der Waals surface area contributed by atoms with Crippen LogP contribution in [0.25, 0.3) is 0 Å². The van der Waals surface area contributed by atoms with Crippen molar-refractivity contribution in [2.75, 3.05) is 26.7 Å². The van der Waals surface area contributed by atoms with E-state index >= 15 is 0 Å². The molecule has 0 amide bonds. The normalized spacial score (nSPS) is 12.1. The predicted octanol–water partition coefficient (Wildman–Crippen LogP) is 2.57. The van der Waals surface area contributed by atoms with Crippen LogP contribution in [0.1, 0.15) is 12.8 Å². The molecule has 1 aromatic rings. The third-order valence-corrected chi connectivity index (χ3v) is 2.55. The first kappa shape index (κ1) is 17.1. The molecule has 0 unspecified atom stereocenters. The number of ether oxygens (including phenoxy) is 1. The zero-order chi connectivity index (χ0) is 15.6. The number of nitrogens with zero attached hydrogens (tertiary/aromatic N) is 1. The Hall–Kier alpha value is -1.92. The molecule has 0 saturated carbocycles. The lowest BCUT2D eigenvalue weighted by molar-refractivity contribution is -0.132. The van der Waals surface area contributed by atoms with Crippen molar-refractivity contribution in [2.45, 2.75) is 19.0 Å². The fourth-order valence-corrected chi connectivity index (χ4v) is 1.53.